The van der Waals surface area contributed by atoms with Crippen molar-refractivity contribution >= 4 is 46.6 Å². The number of benzene rings is 1. The summed E-state index contributed by atoms with van der Waals surface area (Å²) < 4.78 is 52.8. The molecule has 0 saturated carbocycles. The minimum atomic E-state index is -3.19. The van der Waals surface area contributed by atoms with E-state index in [4.69, 9.17) is 33.3 Å². The molecule has 0 unspecified atom stereocenters. The second-order valence-corrected chi connectivity index (χ2v) is 17.3. The summed E-state index contributed by atoms with van der Waals surface area (Å²) in [7, 11) is 5.05. The number of ketones is 1. The zero-order valence-corrected chi connectivity index (χ0v) is 36.7. The van der Waals surface area contributed by atoms with Crippen LogP contribution in [0, 0.1) is 17.8 Å². The quantitative estimate of drug-likeness (QED) is 0.126. The summed E-state index contributed by atoms with van der Waals surface area (Å²) in [6.07, 6.45) is -2.10. The van der Waals surface area contributed by atoms with Gasteiger partial charge in [0.25, 0.3) is 5.67 Å². The molecule has 1 aromatic heterocycles. The third-order valence-corrected chi connectivity index (χ3v) is 12.4. The van der Waals surface area contributed by atoms with Crippen LogP contribution in [0.1, 0.15) is 90.6 Å². The molecule has 61 heavy (non-hydrogen) atoms. The van der Waals surface area contributed by atoms with Gasteiger partial charge in [0.1, 0.15) is 18.8 Å². The van der Waals surface area contributed by atoms with Gasteiger partial charge in [-0.15, -0.1) is 0 Å². The second kappa shape index (κ2) is 18.8. The molecular weight excluding hydrogens is 797 g/mol. The number of carbonyl (C=O) groups excluding carboxylic acids is 3. The van der Waals surface area contributed by atoms with Gasteiger partial charge in [-0.3, -0.25) is 9.78 Å². The number of methoxy groups -OCH3 is 1. The van der Waals surface area contributed by atoms with Gasteiger partial charge in [-0.1, -0.05) is 45.0 Å². The van der Waals surface area contributed by atoms with Gasteiger partial charge in [-0.25, -0.2) is 18.8 Å². The molecule has 16 nitrogen and oxygen atoms in total. The van der Waals surface area contributed by atoms with Crippen LogP contribution in [0.4, 0.5) is 9.18 Å². The lowest BCUT2D eigenvalue weighted by Gasteiger charge is -2.47. The fraction of sp³-hybridized carbons (Fsp3) is 0.636. The van der Waals surface area contributed by atoms with E-state index in [2.05, 4.69) is 10.1 Å². The van der Waals surface area contributed by atoms with Gasteiger partial charge in [0.2, 0.25) is 0 Å². The molecule has 3 aliphatic rings. The van der Waals surface area contributed by atoms with Gasteiger partial charge in [0.15, 0.2) is 23.8 Å². The number of pyridine rings is 1. The smallest absolute Gasteiger partial charge is 0.478 e. The molecule has 0 amide bonds. The first-order chi connectivity index (χ1) is 28.6. The molecule has 5 rings (SSSR count). The maximum absolute atomic E-state index is 16.8. The Hall–Kier alpha value is -4.55. The second-order valence-electron chi connectivity index (χ2n) is 17.3. The van der Waals surface area contributed by atoms with Crippen molar-refractivity contribution in [2.75, 3.05) is 27.8 Å². The number of oxime groups is 1. The number of rotatable bonds is 10. The highest BCUT2D eigenvalue weighted by atomic mass is 19.1. The van der Waals surface area contributed by atoms with Crippen LogP contribution >= 0.6 is 0 Å². The number of aromatic nitrogens is 1. The van der Waals surface area contributed by atoms with Crippen molar-refractivity contribution in [3.63, 3.8) is 0 Å². The number of carbonyl (C=O) groups is 4. The predicted molar refractivity (Wildman–Crippen MR) is 220 cm³/mol. The average Bonchev–Trinajstić information content (AvgIpc) is 3.53. The molecule has 0 bridgehead atoms. The zero-order chi connectivity index (χ0) is 45.2. The molecule has 336 valence electrons. The molecular formula is C44H60FN3O13. The van der Waals surface area contributed by atoms with E-state index in [1.165, 1.54) is 27.2 Å². The third-order valence-electron chi connectivity index (χ3n) is 12.4. The Bertz CT molecular complexity index is 2010. The number of aliphatic hydroxyl groups is 1. The minimum Gasteiger partial charge on any atom is -0.478 e. The summed E-state index contributed by atoms with van der Waals surface area (Å²) in [5.41, 5.74) is -4.43. The van der Waals surface area contributed by atoms with Crippen molar-refractivity contribution in [3.8, 4) is 0 Å². The number of fused-ring (bicyclic) bond motifs is 2. The molecule has 0 aliphatic carbocycles. The number of cyclic esters (lactones) is 1. The van der Waals surface area contributed by atoms with E-state index in [0.717, 1.165) is 12.5 Å². The monoisotopic (exact) mass is 857 g/mol. The number of esters is 1. The molecule has 1 aromatic carbocycles. The van der Waals surface area contributed by atoms with Crippen molar-refractivity contribution in [1.29, 1.82) is 0 Å². The van der Waals surface area contributed by atoms with E-state index in [9.17, 15) is 29.4 Å². The van der Waals surface area contributed by atoms with Crippen LogP contribution in [0.25, 0.3) is 17.0 Å². The Kier molecular flexibility index (Phi) is 14.7. The lowest BCUT2D eigenvalue weighted by molar-refractivity contribution is -0.295. The standard InChI is InChI=1S/C44H60FN3O13/c1-12-32-44(8)37(60-41(54)61-44)25(4)33(47-56-17-13-14-27-15-16-30-28(19-27)20-29(22-46-30)38(51)52)23(2)21-42(6,55-11)36(26(5)35(50)43(7,45)40(53)58-32)59-39-34(49)31(48(9)10)18-24(3)57-39/h13-16,19-20,22-26,31-32,34,36-37,39,49H,12,17-18,21H2,1-11H3,(H,51,52)/b14-13+,47-33+/t23-,24-,25+,26+,31+,32-,34-,36-,37-,39+,42-,43+,44-/m1/s1. The summed E-state index contributed by atoms with van der Waals surface area (Å²) in [5, 5.41) is 26.1. The number of halogens is 1. The van der Waals surface area contributed by atoms with Gasteiger partial charge in [-0.2, -0.15) is 0 Å². The summed E-state index contributed by atoms with van der Waals surface area (Å²) in [6, 6.07) is 6.56. The summed E-state index contributed by atoms with van der Waals surface area (Å²) in [5.74, 6) is -6.44. The molecule has 4 heterocycles. The van der Waals surface area contributed by atoms with Crippen LogP contribution in [0.5, 0.6) is 0 Å². The first-order valence-electron chi connectivity index (χ1n) is 20.6. The first kappa shape index (κ1) is 47.5. The van der Waals surface area contributed by atoms with Crippen molar-refractivity contribution in [2.24, 2.45) is 22.9 Å². The zero-order valence-electron chi connectivity index (χ0n) is 36.7. The molecule has 17 heteroatoms. The van der Waals surface area contributed by atoms with Crippen LogP contribution in [0.3, 0.4) is 0 Å². The highest BCUT2D eigenvalue weighted by Gasteiger charge is 2.60. The molecule has 3 saturated heterocycles. The number of likely N-dealkylation sites (N-methyl/N-ethyl adjacent to an activating group) is 1. The molecule has 0 spiro atoms. The number of Topliss-reactive ketones (excluding diaryl/α,β-unsaturated/α-hetero) is 1. The Balaban J connectivity index is 1.55. The van der Waals surface area contributed by atoms with Crippen LogP contribution in [-0.4, -0.2) is 137 Å². The van der Waals surface area contributed by atoms with Crippen LogP contribution in [-0.2, 0) is 42.8 Å². The summed E-state index contributed by atoms with van der Waals surface area (Å²) >= 11 is 0. The molecule has 2 N–H and O–H groups in total. The van der Waals surface area contributed by atoms with Crippen molar-refractivity contribution in [1.82, 2.24) is 9.88 Å². The maximum Gasteiger partial charge on any atom is 0.509 e. The first-order valence-corrected chi connectivity index (χ1v) is 20.6. The van der Waals surface area contributed by atoms with Gasteiger partial charge in [0, 0.05) is 42.5 Å². The Morgan fingerprint density at radius 1 is 1.08 bits per heavy atom. The van der Waals surface area contributed by atoms with Crippen molar-refractivity contribution < 1.29 is 67.0 Å². The van der Waals surface area contributed by atoms with Gasteiger partial charge >= 0.3 is 18.1 Å². The lowest BCUT2D eigenvalue weighted by atomic mass is 9.73. The number of carboxylic acid groups (broad SMARTS) is 1. The Morgan fingerprint density at radius 3 is 2.43 bits per heavy atom. The van der Waals surface area contributed by atoms with E-state index in [1.54, 1.807) is 51.1 Å². The van der Waals surface area contributed by atoms with E-state index in [0.29, 0.717) is 23.0 Å². The number of carboxylic acids is 1. The highest BCUT2D eigenvalue weighted by molar-refractivity contribution is 6.08. The number of hydrogen-bond donors (Lipinski definition) is 2. The van der Waals surface area contributed by atoms with E-state index in [1.807, 2.05) is 38.9 Å². The molecule has 13 atom stereocenters. The molecule has 3 fully saturated rings. The third kappa shape index (κ3) is 9.91. The van der Waals surface area contributed by atoms with E-state index in [-0.39, 0.29) is 37.2 Å². The molecule has 3 aliphatic heterocycles. The minimum absolute atomic E-state index is 0.0160. The number of aliphatic hydroxyl groups excluding tert-OH is 1. The van der Waals surface area contributed by atoms with Crippen LogP contribution in [0.15, 0.2) is 41.7 Å². The number of alkyl halides is 1. The summed E-state index contributed by atoms with van der Waals surface area (Å²) in [4.78, 5) is 64.4. The topological polar surface area (TPSA) is 202 Å². The number of nitrogens with zero attached hydrogens (tertiary/aromatic N) is 3. The van der Waals surface area contributed by atoms with Gasteiger partial charge in [0.05, 0.1) is 34.6 Å². The molecule has 2 aromatic rings. The van der Waals surface area contributed by atoms with E-state index >= 15 is 4.39 Å². The number of aromatic carboxylic acids is 1. The fourth-order valence-electron chi connectivity index (χ4n) is 8.95. The van der Waals surface area contributed by atoms with Crippen LogP contribution < -0.4 is 0 Å². The number of ether oxygens (including phenoxy) is 6. The average molecular weight is 858 g/mol. The van der Waals surface area contributed by atoms with Crippen molar-refractivity contribution in [3.05, 3.63) is 47.7 Å². The van der Waals surface area contributed by atoms with Crippen LogP contribution in [0.2, 0.25) is 0 Å². The Labute approximate surface area is 355 Å². The van der Waals surface area contributed by atoms with E-state index < -0.39 is 89.2 Å². The van der Waals surface area contributed by atoms with Gasteiger partial charge in [-0.05, 0) is 90.9 Å². The number of hydrogen-bond acceptors (Lipinski definition) is 15. The molecule has 0 radical (unpaired) electrons. The predicted octanol–water partition coefficient (Wildman–Crippen LogP) is 5.76. The highest BCUT2D eigenvalue weighted by Crippen LogP contribution is 2.43. The largest absolute Gasteiger partial charge is 0.509 e. The lowest BCUT2D eigenvalue weighted by Crippen LogP contribution is -2.61. The SMILES string of the molecule is CC[C@H]1OC(=O)[C@@](C)(F)C(=O)[C@H](C)[C@@H](O[C@@H]2O[C@H](C)C[C@H](N(C)C)[C@H]2O)[C@](C)(OC)C[C@@H](C)/C(=N\OC/C=C/c2ccc3ncc(C(=O)O)cc3c2)[C@H](C)[C@H]2OC(=O)O[C@@]21C. The van der Waals surface area contributed by atoms with Gasteiger partial charge < -0.3 is 48.4 Å². The fourth-order valence-corrected chi connectivity index (χ4v) is 8.95. The Morgan fingerprint density at radius 2 is 1.79 bits per heavy atom. The maximum atomic E-state index is 16.8. The van der Waals surface area contributed by atoms with Crippen molar-refractivity contribution in [2.45, 2.75) is 134 Å². The summed E-state index contributed by atoms with van der Waals surface area (Å²) in [6.45, 7) is 12.5. The normalized spacial score (nSPS) is 37.3.